The van der Waals surface area contributed by atoms with E-state index in [0.717, 1.165) is 78.4 Å². The van der Waals surface area contributed by atoms with E-state index in [1.807, 2.05) is 85.5 Å². The van der Waals surface area contributed by atoms with Crippen molar-refractivity contribution in [1.29, 1.82) is 0 Å². The fraction of sp³-hybridized carbons (Fsp3) is 0. The highest BCUT2D eigenvalue weighted by molar-refractivity contribution is 6.23. The largest absolute Gasteiger partial charge is 0.360 e. The number of hydrogen-bond donors (Lipinski definition) is 4. The molecule has 0 unspecified atom stereocenters. The van der Waals surface area contributed by atoms with Crippen molar-refractivity contribution >= 4 is 54.4 Å². The molecule has 0 saturated carbocycles. The average Bonchev–Trinajstić information content (AvgIpc) is 4.05. The summed E-state index contributed by atoms with van der Waals surface area (Å²) in [5.41, 5.74) is 10.9. The lowest BCUT2D eigenvalue weighted by Gasteiger charge is -2.13. The van der Waals surface area contributed by atoms with Crippen molar-refractivity contribution in [3.63, 3.8) is 0 Å². The highest BCUT2D eigenvalue weighted by atomic mass is 14.9. The van der Waals surface area contributed by atoms with Gasteiger partial charge < -0.3 is 19.9 Å². The van der Waals surface area contributed by atoms with Gasteiger partial charge in [-0.1, -0.05) is 72.8 Å². The first-order chi connectivity index (χ1) is 25.8. The minimum absolute atomic E-state index is 0.848. The predicted molar refractivity (Wildman–Crippen MR) is 211 cm³/mol. The van der Waals surface area contributed by atoms with Crippen LogP contribution in [0.15, 0.2) is 158 Å². The first-order valence-corrected chi connectivity index (χ1v) is 17.2. The molecule has 0 aliphatic carbocycles. The van der Waals surface area contributed by atoms with Crippen molar-refractivity contribution < 1.29 is 0 Å². The van der Waals surface area contributed by atoms with Crippen molar-refractivity contribution in [3.05, 3.63) is 158 Å². The van der Waals surface area contributed by atoms with Gasteiger partial charge in [-0.2, -0.15) is 0 Å². The molecule has 0 amide bonds. The van der Waals surface area contributed by atoms with E-state index >= 15 is 0 Å². The molecule has 5 aromatic carbocycles. The number of H-pyrrole nitrogens is 4. The molecule has 0 saturated heterocycles. The molecule has 0 fully saturated rings. The number of hydrogen-bond acceptors (Lipinski definition) is 4. The van der Waals surface area contributed by atoms with E-state index in [0.29, 0.717) is 0 Å². The molecule has 246 valence electrons. The number of rotatable bonds is 4. The molecule has 11 rings (SSSR count). The van der Waals surface area contributed by atoms with Crippen molar-refractivity contribution in [1.82, 2.24) is 39.9 Å². The molecule has 0 spiro atoms. The Hall–Kier alpha value is -7.32. The molecular formula is C44H30N8. The highest BCUT2D eigenvalue weighted by Gasteiger charge is 2.19. The lowest BCUT2D eigenvalue weighted by Crippen LogP contribution is -1.97. The first-order valence-electron chi connectivity index (χ1n) is 17.2. The van der Waals surface area contributed by atoms with Crippen LogP contribution in [0, 0.1) is 0 Å². The maximum atomic E-state index is 5.14. The number of benzene rings is 5. The molecule has 0 bridgehead atoms. The van der Waals surface area contributed by atoms with E-state index in [-0.39, 0.29) is 0 Å². The van der Waals surface area contributed by atoms with Gasteiger partial charge in [0.25, 0.3) is 0 Å². The topological polar surface area (TPSA) is 115 Å². The standard InChI is InChI=1S/C24H16N4.C20H14N4/c1-3-9-17-15(7-1)16-8-2-4-10-18(16)22-21(17)27-23(19-11-5-13-25-19)24(28-22)20-12-6-14-26-20;1-2-6-14-12-18-17(11-13(14)5-1)23-19(15-7-3-9-21-15)20(24-18)16-8-4-10-22-16/h1-14,25-26H;1-12,21-22H. The number of nitrogens with one attached hydrogen (secondary N) is 4. The second kappa shape index (κ2) is 12.2. The van der Waals surface area contributed by atoms with Gasteiger partial charge in [-0.15, -0.1) is 0 Å². The molecule has 0 radical (unpaired) electrons. The zero-order chi connectivity index (χ0) is 34.4. The number of aromatic nitrogens is 8. The molecule has 11 aromatic rings. The Labute approximate surface area is 297 Å². The number of aromatic amines is 4. The molecule has 0 aliphatic heterocycles. The Morgan fingerprint density at radius 1 is 0.308 bits per heavy atom. The summed E-state index contributed by atoms with van der Waals surface area (Å²) in [4.78, 5) is 33.2. The Morgan fingerprint density at radius 2 is 0.635 bits per heavy atom. The minimum atomic E-state index is 0.848. The first kappa shape index (κ1) is 29.6. The predicted octanol–water partition coefficient (Wildman–Crippen LogP) is 10.7. The van der Waals surface area contributed by atoms with Gasteiger partial charge in [0.2, 0.25) is 0 Å². The summed E-state index contributed by atoms with van der Waals surface area (Å²) in [6, 6.07) is 45.4. The van der Waals surface area contributed by atoms with Crippen LogP contribution in [0.2, 0.25) is 0 Å². The second-order valence-corrected chi connectivity index (χ2v) is 12.7. The summed E-state index contributed by atoms with van der Waals surface area (Å²) in [6.45, 7) is 0. The zero-order valence-electron chi connectivity index (χ0n) is 27.8. The van der Waals surface area contributed by atoms with Crippen LogP contribution in [-0.2, 0) is 0 Å². The monoisotopic (exact) mass is 670 g/mol. The SMILES string of the molecule is c1c[nH]c(-c2nc3c4ccccc4c4ccccc4c3nc2-c2ccc[nH]2)c1.c1c[nH]c(-c2nc3cc4ccccc4cc3nc2-c2ccc[nH]2)c1. The maximum Gasteiger partial charge on any atom is 0.115 e. The third kappa shape index (κ3) is 5.01. The lowest BCUT2D eigenvalue weighted by molar-refractivity contribution is 1.24. The average molecular weight is 671 g/mol. The van der Waals surface area contributed by atoms with E-state index in [1.165, 1.54) is 21.5 Å². The molecule has 52 heavy (non-hydrogen) atoms. The van der Waals surface area contributed by atoms with Gasteiger partial charge in [0.15, 0.2) is 0 Å². The molecule has 6 aromatic heterocycles. The van der Waals surface area contributed by atoms with Crippen LogP contribution in [0.5, 0.6) is 0 Å². The van der Waals surface area contributed by atoms with Gasteiger partial charge in [0.1, 0.15) is 22.8 Å². The van der Waals surface area contributed by atoms with Gasteiger partial charge >= 0.3 is 0 Å². The highest BCUT2D eigenvalue weighted by Crippen LogP contribution is 2.37. The van der Waals surface area contributed by atoms with Crippen molar-refractivity contribution in [2.75, 3.05) is 0 Å². The summed E-state index contributed by atoms with van der Waals surface area (Å²) in [5.74, 6) is 0. The molecule has 8 nitrogen and oxygen atoms in total. The van der Waals surface area contributed by atoms with Crippen LogP contribution in [0.25, 0.3) is 99.9 Å². The zero-order valence-corrected chi connectivity index (χ0v) is 27.8. The fourth-order valence-corrected chi connectivity index (χ4v) is 7.06. The third-order valence-electron chi connectivity index (χ3n) is 9.49. The molecular weight excluding hydrogens is 641 g/mol. The Balaban J connectivity index is 0.000000132. The van der Waals surface area contributed by atoms with Crippen molar-refractivity contribution in [3.8, 4) is 45.6 Å². The van der Waals surface area contributed by atoms with Crippen molar-refractivity contribution in [2.45, 2.75) is 0 Å². The molecule has 4 N–H and O–H groups in total. The van der Waals surface area contributed by atoms with E-state index in [9.17, 15) is 0 Å². The van der Waals surface area contributed by atoms with E-state index < -0.39 is 0 Å². The maximum absolute atomic E-state index is 5.14. The van der Waals surface area contributed by atoms with Crippen LogP contribution >= 0.6 is 0 Å². The van der Waals surface area contributed by atoms with Crippen molar-refractivity contribution in [2.24, 2.45) is 0 Å². The van der Waals surface area contributed by atoms with Gasteiger partial charge in [-0.05, 0) is 82.2 Å². The number of fused-ring (bicyclic) bond motifs is 8. The van der Waals surface area contributed by atoms with Crippen LogP contribution in [0.3, 0.4) is 0 Å². The van der Waals surface area contributed by atoms with E-state index in [1.54, 1.807) is 0 Å². The van der Waals surface area contributed by atoms with Crippen LogP contribution in [0.1, 0.15) is 0 Å². The summed E-state index contributed by atoms with van der Waals surface area (Å²) < 4.78 is 0. The summed E-state index contributed by atoms with van der Waals surface area (Å²) in [7, 11) is 0. The number of nitrogens with zero attached hydrogens (tertiary/aromatic N) is 4. The Kier molecular flexibility index (Phi) is 6.95. The van der Waals surface area contributed by atoms with E-state index in [2.05, 4.69) is 92.7 Å². The molecule has 0 aliphatic rings. The summed E-state index contributed by atoms with van der Waals surface area (Å²) >= 11 is 0. The lowest BCUT2D eigenvalue weighted by atomic mass is 9.99. The Morgan fingerprint density at radius 3 is 0.981 bits per heavy atom. The quantitative estimate of drug-likeness (QED) is 0.110. The van der Waals surface area contributed by atoms with Gasteiger partial charge in [0.05, 0.1) is 44.8 Å². The van der Waals surface area contributed by atoms with Crippen LogP contribution in [-0.4, -0.2) is 39.9 Å². The van der Waals surface area contributed by atoms with Crippen LogP contribution < -0.4 is 0 Å². The van der Waals surface area contributed by atoms with Gasteiger partial charge in [-0.25, -0.2) is 19.9 Å². The molecule has 0 atom stereocenters. The minimum Gasteiger partial charge on any atom is -0.360 e. The van der Waals surface area contributed by atoms with Gasteiger partial charge in [-0.3, -0.25) is 0 Å². The third-order valence-corrected chi connectivity index (χ3v) is 9.49. The fourth-order valence-electron chi connectivity index (χ4n) is 7.06. The van der Waals surface area contributed by atoms with Crippen LogP contribution in [0.4, 0.5) is 0 Å². The molecule has 8 heteroatoms. The Bertz CT molecular complexity index is 2790. The molecule has 6 heterocycles. The second-order valence-electron chi connectivity index (χ2n) is 12.7. The normalized spacial score (nSPS) is 11.5. The summed E-state index contributed by atoms with van der Waals surface area (Å²) in [5, 5.41) is 6.98. The smallest absolute Gasteiger partial charge is 0.115 e. The van der Waals surface area contributed by atoms with Gasteiger partial charge in [0, 0.05) is 35.6 Å². The summed E-state index contributed by atoms with van der Waals surface area (Å²) in [6.07, 6.45) is 7.64. The van der Waals surface area contributed by atoms with E-state index in [4.69, 9.17) is 19.9 Å².